The van der Waals surface area contributed by atoms with Gasteiger partial charge in [-0.15, -0.1) is 11.8 Å². The lowest BCUT2D eigenvalue weighted by Crippen LogP contribution is -2.36. The largest absolute Gasteiger partial charge is 0.293 e. The molecule has 0 spiro atoms. The van der Waals surface area contributed by atoms with Crippen molar-refractivity contribution in [2.45, 2.75) is 17.1 Å². The zero-order chi connectivity index (χ0) is 10.6. The third-order valence-corrected chi connectivity index (χ3v) is 3.00. The standard InChI is InChI=1S/C9H11ClN2OS/c1-6(9(13)12-11)14-8-4-2-7(10)3-5-8/h2-6H,11H2,1H3,(H,12,13)/t6-/m1/s1. The molecule has 3 nitrogen and oxygen atoms in total. The van der Waals surface area contributed by atoms with Crippen molar-refractivity contribution in [3.05, 3.63) is 29.3 Å². The quantitative estimate of drug-likeness (QED) is 0.360. The SMILES string of the molecule is C[C@@H](Sc1ccc(Cl)cc1)C(=O)NN. The monoisotopic (exact) mass is 230 g/mol. The highest BCUT2D eigenvalue weighted by Gasteiger charge is 2.12. The highest BCUT2D eigenvalue weighted by molar-refractivity contribution is 8.00. The molecule has 0 aliphatic carbocycles. The molecule has 1 atom stereocenters. The van der Waals surface area contributed by atoms with E-state index in [1.165, 1.54) is 11.8 Å². The van der Waals surface area contributed by atoms with E-state index in [-0.39, 0.29) is 11.2 Å². The van der Waals surface area contributed by atoms with E-state index in [2.05, 4.69) is 5.43 Å². The lowest BCUT2D eigenvalue weighted by Gasteiger charge is -2.08. The van der Waals surface area contributed by atoms with Crippen LogP contribution in [0.2, 0.25) is 5.02 Å². The summed E-state index contributed by atoms with van der Waals surface area (Å²) in [5.41, 5.74) is 2.11. The Morgan fingerprint density at radius 1 is 1.50 bits per heavy atom. The molecule has 0 aliphatic heterocycles. The predicted molar refractivity (Wildman–Crippen MR) is 59.1 cm³/mol. The Hall–Kier alpha value is -0.710. The molecule has 0 bridgehead atoms. The van der Waals surface area contributed by atoms with Gasteiger partial charge in [0.2, 0.25) is 5.91 Å². The molecule has 0 heterocycles. The fourth-order valence-electron chi connectivity index (χ4n) is 0.888. The highest BCUT2D eigenvalue weighted by atomic mass is 35.5. The van der Waals surface area contributed by atoms with Gasteiger partial charge in [-0.25, -0.2) is 5.84 Å². The van der Waals surface area contributed by atoms with Crippen LogP contribution in [0.4, 0.5) is 0 Å². The van der Waals surface area contributed by atoms with Gasteiger partial charge in [0.1, 0.15) is 0 Å². The number of rotatable bonds is 3. The van der Waals surface area contributed by atoms with Crippen LogP contribution in [0.3, 0.4) is 0 Å². The van der Waals surface area contributed by atoms with Crippen LogP contribution in [-0.4, -0.2) is 11.2 Å². The van der Waals surface area contributed by atoms with Crippen LogP contribution in [0.5, 0.6) is 0 Å². The van der Waals surface area contributed by atoms with Crippen LogP contribution in [0.15, 0.2) is 29.2 Å². The molecule has 1 aromatic carbocycles. The Morgan fingerprint density at radius 2 is 2.07 bits per heavy atom. The summed E-state index contributed by atoms with van der Waals surface area (Å²) in [5, 5.41) is 0.478. The Bertz CT molecular complexity index is 315. The highest BCUT2D eigenvalue weighted by Crippen LogP contribution is 2.24. The topological polar surface area (TPSA) is 55.1 Å². The first-order chi connectivity index (χ1) is 6.63. The van der Waals surface area contributed by atoms with Crippen molar-refractivity contribution in [2.24, 2.45) is 5.84 Å². The first-order valence-corrected chi connectivity index (χ1v) is 5.32. The van der Waals surface area contributed by atoms with E-state index in [1.54, 1.807) is 19.1 Å². The van der Waals surface area contributed by atoms with Gasteiger partial charge < -0.3 is 0 Å². The second-order valence-corrected chi connectivity index (χ2v) is 4.57. The minimum absolute atomic E-state index is 0.190. The third kappa shape index (κ3) is 3.21. The molecule has 3 N–H and O–H groups in total. The summed E-state index contributed by atoms with van der Waals surface area (Å²) in [5.74, 6) is 4.83. The molecule has 1 amide bonds. The van der Waals surface area contributed by atoms with Crippen molar-refractivity contribution < 1.29 is 4.79 Å². The number of nitrogens with two attached hydrogens (primary N) is 1. The lowest BCUT2D eigenvalue weighted by atomic mass is 10.4. The zero-order valence-corrected chi connectivity index (χ0v) is 9.23. The summed E-state index contributed by atoms with van der Waals surface area (Å²) < 4.78 is 0. The van der Waals surface area contributed by atoms with Crippen molar-refractivity contribution in [1.29, 1.82) is 0 Å². The smallest absolute Gasteiger partial charge is 0.247 e. The van der Waals surface area contributed by atoms with Gasteiger partial charge in [-0.3, -0.25) is 10.2 Å². The number of carbonyl (C=O) groups is 1. The summed E-state index contributed by atoms with van der Waals surface area (Å²) in [6.07, 6.45) is 0. The molecule has 0 saturated heterocycles. The fourth-order valence-corrected chi connectivity index (χ4v) is 1.89. The van der Waals surface area contributed by atoms with Gasteiger partial charge >= 0.3 is 0 Å². The Balaban J connectivity index is 2.60. The van der Waals surface area contributed by atoms with Gasteiger partial charge in [-0.1, -0.05) is 11.6 Å². The normalized spacial score (nSPS) is 12.2. The van der Waals surface area contributed by atoms with Crippen molar-refractivity contribution in [3.63, 3.8) is 0 Å². The number of hydrazine groups is 1. The maximum Gasteiger partial charge on any atom is 0.247 e. The lowest BCUT2D eigenvalue weighted by molar-refractivity contribution is -0.120. The van der Waals surface area contributed by atoms with Crippen LogP contribution in [0, 0.1) is 0 Å². The van der Waals surface area contributed by atoms with Gasteiger partial charge in [-0.2, -0.15) is 0 Å². The molecule has 0 aliphatic rings. The summed E-state index contributed by atoms with van der Waals surface area (Å²) in [4.78, 5) is 12.1. The van der Waals surface area contributed by atoms with E-state index >= 15 is 0 Å². The number of halogens is 1. The van der Waals surface area contributed by atoms with E-state index in [9.17, 15) is 4.79 Å². The van der Waals surface area contributed by atoms with Gasteiger partial charge in [0, 0.05) is 9.92 Å². The minimum atomic E-state index is -0.207. The fraction of sp³-hybridized carbons (Fsp3) is 0.222. The molecule has 1 rings (SSSR count). The van der Waals surface area contributed by atoms with E-state index in [0.29, 0.717) is 5.02 Å². The number of hydrogen-bond donors (Lipinski definition) is 2. The Kier molecular flexibility index (Phi) is 4.25. The van der Waals surface area contributed by atoms with Crippen molar-refractivity contribution >= 4 is 29.3 Å². The number of carbonyl (C=O) groups excluding carboxylic acids is 1. The second kappa shape index (κ2) is 5.24. The molecule has 1 aromatic rings. The first-order valence-electron chi connectivity index (χ1n) is 4.06. The van der Waals surface area contributed by atoms with Crippen LogP contribution in [-0.2, 0) is 4.79 Å². The average Bonchev–Trinajstić information content (AvgIpc) is 2.20. The van der Waals surface area contributed by atoms with Crippen molar-refractivity contribution in [3.8, 4) is 0 Å². The molecule has 0 saturated carbocycles. The van der Waals surface area contributed by atoms with Crippen LogP contribution in [0.1, 0.15) is 6.92 Å². The van der Waals surface area contributed by atoms with Gasteiger partial charge in [0.15, 0.2) is 0 Å². The van der Waals surface area contributed by atoms with E-state index in [0.717, 1.165) is 4.90 Å². The molecule has 0 aromatic heterocycles. The number of nitrogens with one attached hydrogen (secondary N) is 1. The number of amides is 1. The molecule has 5 heteroatoms. The summed E-state index contributed by atoms with van der Waals surface area (Å²) in [6.45, 7) is 1.79. The van der Waals surface area contributed by atoms with Gasteiger partial charge in [-0.05, 0) is 31.2 Å². The second-order valence-electron chi connectivity index (χ2n) is 2.72. The van der Waals surface area contributed by atoms with E-state index < -0.39 is 0 Å². The van der Waals surface area contributed by atoms with E-state index in [1.807, 2.05) is 12.1 Å². The average molecular weight is 231 g/mol. The van der Waals surface area contributed by atoms with Gasteiger partial charge in [0.05, 0.1) is 5.25 Å². The summed E-state index contributed by atoms with van der Waals surface area (Å²) in [6, 6.07) is 7.31. The number of benzene rings is 1. The molecule has 76 valence electrons. The Morgan fingerprint density at radius 3 is 2.57 bits per heavy atom. The molecule has 0 radical (unpaired) electrons. The van der Waals surface area contributed by atoms with Crippen LogP contribution in [0.25, 0.3) is 0 Å². The molecule has 0 unspecified atom stereocenters. The minimum Gasteiger partial charge on any atom is -0.293 e. The first kappa shape index (κ1) is 11.4. The van der Waals surface area contributed by atoms with Crippen LogP contribution < -0.4 is 11.3 Å². The maximum atomic E-state index is 11.1. The third-order valence-electron chi connectivity index (χ3n) is 1.64. The van der Waals surface area contributed by atoms with Gasteiger partial charge in [0.25, 0.3) is 0 Å². The molecule has 14 heavy (non-hydrogen) atoms. The van der Waals surface area contributed by atoms with Crippen molar-refractivity contribution in [1.82, 2.24) is 5.43 Å². The van der Waals surface area contributed by atoms with Crippen molar-refractivity contribution in [2.75, 3.05) is 0 Å². The summed E-state index contributed by atoms with van der Waals surface area (Å²) in [7, 11) is 0. The zero-order valence-electron chi connectivity index (χ0n) is 7.66. The summed E-state index contributed by atoms with van der Waals surface area (Å²) >= 11 is 7.16. The number of thioether (sulfide) groups is 1. The van der Waals surface area contributed by atoms with Crippen LogP contribution >= 0.6 is 23.4 Å². The predicted octanol–water partition coefficient (Wildman–Crippen LogP) is 1.81. The maximum absolute atomic E-state index is 11.1. The molecular formula is C9H11ClN2OS. The number of hydrogen-bond acceptors (Lipinski definition) is 3. The molecular weight excluding hydrogens is 220 g/mol. The molecule has 0 fully saturated rings. The Labute approximate surface area is 92.0 Å². The van der Waals surface area contributed by atoms with E-state index in [4.69, 9.17) is 17.4 Å².